The van der Waals surface area contributed by atoms with Gasteiger partial charge in [-0.05, 0) is 50.9 Å². The van der Waals surface area contributed by atoms with Gasteiger partial charge in [0.1, 0.15) is 12.4 Å². The molecule has 0 radical (unpaired) electrons. The van der Waals surface area contributed by atoms with Crippen molar-refractivity contribution in [2.75, 3.05) is 19.7 Å². The van der Waals surface area contributed by atoms with Crippen LogP contribution in [0.15, 0.2) is 24.3 Å². The maximum atomic E-state index is 13.1. The van der Waals surface area contributed by atoms with Gasteiger partial charge in [0.2, 0.25) is 5.91 Å². The van der Waals surface area contributed by atoms with Crippen LogP contribution in [0, 0.1) is 11.7 Å². The van der Waals surface area contributed by atoms with Crippen molar-refractivity contribution >= 4 is 11.9 Å². The van der Waals surface area contributed by atoms with E-state index >= 15 is 0 Å². The Kier molecular flexibility index (Phi) is 6.73. The van der Waals surface area contributed by atoms with Gasteiger partial charge in [0.05, 0.1) is 6.61 Å². The highest BCUT2D eigenvalue weighted by atomic mass is 19.1. The molecular weight excluding hydrogens is 311 g/mol. The molecule has 2 rings (SSSR count). The molecule has 1 fully saturated rings. The molecule has 1 aromatic rings. The lowest BCUT2D eigenvalue weighted by atomic mass is 9.92. The molecule has 1 heterocycles. The van der Waals surface area contributed by atoms with E-state index in [2.05, 4.69) is 12.2 Å². The minimum absolute atomic E-state index is 0.0410. The van der Waals surface area contributed by atoms with Crippen molar-refractivity contribution < 1.29 is 18.7 Å². The number of hydrogen-bond donors (Lipinski definition) is 1. The van der Waals surface area contributed by atoms with E-state index in [0.717, 1.165) is 24.9 Å². The fourth-order valence-electron chi connectivity index (χ4n) is 3.00. The maximum Gasteiger partial charge on any atom is 0.325 e. The van der Waals surface area contributed by atoms with E-state index in [9.17, 15) is 14.0 Å². The van der Waals surface area contributed by atoms with Crippen LogP contribution in [0.25, 0.3) is 0 Å². The SMILES string of the molecule is CCOC(=O)CN(Cc1ccc(F)cc1)C(=O)[C@H]1CCN[C@@H](C)C1. The molecule has 0 aromatic heterocycles. The van der Waals surface area contributed by atoms with Crippen LogP contribution in [-0.4, -0.2) is 42.5 Å². The highest BCUT2D eigenvalue weighted by Crippen LogP contribution is 2.20. The average molecular weight is 336 g/mol. The lowest BCUT2D eigenvalue weighted by Crippen LogP contribution is -2.45. The van der Waals surface area contributed by atoms with Gasteiger partial charge in [0.15, 0.2) is 0 Å². The third-order valence-electron chi connectivity index (χ3n) is 4.20. The number of carbonyl (C=O) groups excluding carboxylic acids is 2. The van der Waals surface area contributed by atoms with E-state index in [1.807, 2.05) is 0 Å². The second-order valence-corrected chi connectivity index (χ2v) is 6.20. The lowest BCUT2D eigenvalue weighted by Gasteiger charge is -2.31. The number of amides is 1. The van der Waals surface area contributed by atoms with E-state index in [-0.39, 0.29) is 43.4 Å². The molecule has 1 aliphatic rings. The molecule has 0 aliphatic carbocycles. The predicted molar refractivity (Wildman–Crippen MR) is 88.6 cm³/mol. The number of nitrogens with zero attached hydrogens (tertiary/aromatic N) is 1. The number of hydrogen-bond acceptors (Lipinski definition) is 4. The Labute approximate surface area is 142 Å². The molecule has 0 bridgehead atoms. The summed E-state index contributed by atoms with van der Waals surface area (Å²) in [6, 6.07) is 6.25. The second kappa shape index (κ2) is 8.78. The van der Waals surface area contributed by atoms with Crippen molar-refractivity contribution in [2.45, 2.75) is 39.3 Å². The Morgan fingerprint density at radius 3 is 2.67 bits per heavy atom. The zero-order chi connectivity index (χ0) is 17.5. The van der Waals surface area contributed by atoms with Gasteiger partial charge in [-0.2, -0.15) is 0 Å². The summed E-state index contributed by atoms with van der Waals surface area (Å²) in [6.45, 7) is 5.05. The number of rotatable bonds is 6. The van der Waals surface area contributed by atoms with Gasteiger partial charge in [0.25, 0.3) is 0 Å². The number of nitrogens with one attached hydrogen (secondary N) is 1. The number of esters is 1. The minimum Gasteiger partial charge on any atom is -0.465 e. The number of halogens is 1. The van der Waals surface area contributed by atoms with E-state index < -0.39 is 5.97 Å². The Balaban J connectivity index is 2.10. The fourth-order valence-corrected chi connectivity index (χ4v) is 3.00. The van der Waals surface area contributed by atoms with Gasteiger partial charge in [-0.15, -0.1) is 0 Å². The summed E-state index contributed by atoms with van der Waals surface area (Å²) in [5, 5.41) is 3.32. The van der Waals surface area contributed by atoms with Crippen molar-refractivity contribution in [1.82, 2.24) is 10.2 Å². The first-order valence-electron chi connectivity index (χ1n) is 8.41. The number of carbonyl (C=O) groups is 2. The molecule has 0 unspecified atom stereocenters. The largest absolute Gasteiger partial charge is 0.465 e. The minimum atomic E-state index is -0.421. The summed E-state index contributed by atoms with van der Waals surface area (Å²) >= 11 is 0. The van der Waals surface area contributed by atoms with Crippen LogP contribution in [0.3, 0.4) is 0 Å². The topological polar surface area (TPSA) is 58.6 Å². The van der Waals surface area contributed by atoms with Crippen LogP contribution in [0.4, 0.5) is 4.39 Å². The predicted octanol–water partition coefficient (Wildman–Crippen LogP) is 2.11. The summed E-state index contributed by atoms with van der Waals surface area (Å²) in [4.78, 5) is 26.3. The lowest BCUT2D eigenvalue weighted by molar-refractivity contribution is -0.151. The first kappa shape index (κ1) is 18.4. The molecule has 6 heteroatoms. The summed E-state index contributed by atoms with van der Waals surface area (Å²) in [5.41, 5.74) is 0.788. The Morgan fingerprint density at radius 2 is 2.04 bits per heavy atom. The van der Waals surface area contributed by atoms with E-state index in [1.165, 1.54) is 17.0 Å². The molecule has 2 atom stereocenters. The van der Waals surface area contributed by atoms with Gasteiger partial charge >= 0.3 is 5.97 Å². The summed E-state index contributed by atoms with van der Waals surface area (Å²) < 4.78 is 18.0. The van der Waals surface area contributed by atoms with E-state index in [1.54, 1.807) is 19.1 Å². The molecule has 1 aromatic carbocycles. The van der Waals surface area contributed by atoms with Crippen LogP contribution in [0.1, 0.15) is 32.3 Å². The molecule has 5 nitrogen and oxygen atoms in total. The zero-order valence-corrected chi connectivity index (χ0v) is 14.3. The Bertz CT molecular complexity index is 562. The second-order valence-electron chi connectivity index (χ2n) is 6.20. The standard InChI is InChI=1S/C18H25FN2O3/c1-3-24-17(22)12-21(11-14-4-6-16(19)7-5-14)18(23)15-8-9-20-13(2)10-15/h4-7,13,15,20H,3,8-12H2,1-2H3/t13-,15-/m0/s1. The van der Waals surface area contributed by atoms with Gasteiger partial charge < -0.3 is 15.0 Å². The maximum absolute atomic E-state index is 13.1. The van der Waals surface area contributed by atoms with Gasteiger partial charge in [-0.1, -0.05) is 12.1 Å². The van der Waals surface area contributed by atoms with Crippen LogP contribution in [0.2, 0.25) is 0 Å². The molecule has 0 saturated carbocycles. The van der Waals surface area contributed by atoms with Crippen LogP contribution < -0.4 is 5.32 Å². The molecule has 0 spiro atoms. The Hall–Kier alpha value is -1.95. The quantitative estimate of drug-likeness (QED) is 0.809. The normalized spacial score (nSPS) is 20.5. The van der Waals surface area contributed by atoms with Crippen LogP contribution >= 0.6 is 0 Å². The molecule has 24 heavy (non-hydrogen) atoms. The third-order valence-corrected chi connectivity index (χ3v) is 4.20. The summed E-state index contributed by atoms with van der Waals surface area (Å²) in [7, 11) is 0. The van der Waals surface area contributed by atoms with Gasteiger partial charge in [-0.25, -0.2) is 4.39 Å². The van der Waals surface area contributed by atoms with Crippen molar-refractivity contribution in [3.05, 3.63) is 35.6 Å². The smallest absolute Gasteiger partial charge is 0.325 e. The average Bonchev–Trinajstić information content (AvgIpc) is 2.56. The third kappa shape index (κ3) is 5.30. The first-order valence-corrected chi connectivity index (χ1v) is 8.41. The van der Waals surface area contributed by atoms with Crippen LogP contribution in [-0.2, 0) is 20.9 Å². The Morgan fingerprint density at radius 1 is 1.33 bits per heavy atom. The molecule has 1 amide bonds. The molecule has 1 N–H and O–H groups in total. The first-order chi connectivity index (χ1) is 11.5. The van der Waals surface area contributed by atoms with Crippen LogP contribution in [0.5, 0.6) is 0 Å². The zero-order valence-electron chi connectivity index (χ0n) is 14.3. The van der Waals surface area contributed by atoms with E-state index in [4.69, 9.17) is 4.74 Å². The summed E-state index contributed by atoms with van der Waals surface area (Å²) in [5.74, 6) is -0.888. The number of ether oxygens (including phenoxy) is 1. The summed E-state index contributed by atoms with van der Waals surface area (Å²) in [6.07, 6.45) is 1.51. The van der Waals surface area contributed by atoms with Crippen molar-refractivity contribution in [3.63, 3.8) is 0 Å². The highest BCUT2D eigenvalue weighted by molar-refractivity contribution is 5.83. The molecule has 132 valence electrons. The molecular formula is C18H25FN2O3. The van der Waals surface area contributed by atoms with Crippen molar-refractivity contribution in [1.29, 1.82) is 0 Å². The number of piperidine rings is 1. The van der Waals surface area contributed by atoms with Gasteiger partial charge in [-0.3, -0.25) is 9.59 Å². The molecule has 1 saturated heterocycles. The van der Waals surface area contributed by atoms with Crippen molar-refractivity contribution in [2.24, 2.45) is 5.92 Å². The van der Waals surface area contributed by atoms with E-state index in [0.29, 0.717) is 0 Å². The number of benzene rings is 1. The monoisotopic (exact) mass is 336 g/mol. The molecule has 1 aliphatic heterocycles. The van der Waals surface area contributed by atoms with Crippen molar-refractivity contribution in [3.8, 4) is 0 Å². The van der Waals surface area contributed by atoms with Gasteiger partial charge in [0, 0.05) is 18.5 Å². The fraction of sp³-hybridized carbons (Fsp3) is 0.556. The highest BCUT2D eigenvalue weighted by Gasteiger charge is 2.29.